The smallest absolute Gasteiger partial charge is 0.150 e. The van der Waals surface area contributed by atoms with Gasteiger partial charge in [-0.3, -0.25) is 4.79 Å². The molecule has 0 heterocycles. The Hall–Kier alpha value is -2.53. The zero-order valence-electron chi connectivity index (χ0n) is 12.8. The van der Waals surface area contributed by atoms with E-state index >= 15 is 0 Å². The fraction of sp³-hybridized carbons (Fsp3) is 0.250. The van der Waals surface area contributed by atoms with Gasteiger partial charge in [0.25, 0.3) is 0 Å². The number of rotatable bonds is 6. The average Bonchev–Trinajstić information content (AvgIpc) is 2.58. The molecule has 0 aromatic heterocycles. The summed E-state index contributed by atoms with van der Waals surface area (Å²) in [6, 6.07) is 15.1. The summed E-state index contributed by atoms with van der Waals surface area (Å²) in [5, 5.41) is 0. The molecule has 0 aliphatic rings. The summed E-state index contributed by atoms with van der Waals surface area (Å²) in [7, 11) is 0. The lowest BCUT2D eigenvalue weighted by atomic mass is 10.1. The minimum absolute atomic E-state index is 0.662. The molecule has 2 aromatic carbocycles. The van der Waals surface area contributed by atoms with Gasteiger partial charge in [-0.15, -0.1) is 0 Å². The van der Waals surface area contributed by atoms with Gasteiger partial charge in [0, 0.05) is 16.7 Å². The van der Waals surface area contributed by atoms with E-state index in [1.54, 1.807) is 12.1 Å². The molecule has 0 radical (unpaired) electrons. The van der Waals surface area contributed by atoms with Gasteiger partial charge in [-0.1, -0.05) is 43.7 Å². The van der Waals surface area contributed by atoms with E-state index in [4.69, 9.17) is 4.74 Å². The van der Waals surface area contributed by atoms with E-state index < -0.39 is 0 Å². The second kappa shape index (κ2) is 8.69. The molecule has 0 atom stereocenters. The molecule has 2 aromatic rings. The number of carbonyl (C=O) groups is 1. The Bertz CT molecular complexity index is 643. The van der Waals surface area contributed by atoms with Crippen LogP contribution in [0, 0.1) is 11.8 Å². The first-order chi connectivity index (χ1) is 10.8. The highest BCUT2D eigenvalue weighted by atomic mass is 16.5. The number of aldehydes is 1. The van der Waals surface area contributed by atoms with E-state index in [1.807, 2.05) is 36.4 Å². The SMILES string of the molecule is CCCCCOc1ccc(C#Cc2ccc(C=O)cc2)cc1. The maximum Gasteiger partial charge on any atom is 0.150 e. The third kappa shape index (κ3) is 5.10. The summed E-state index contributed by atoms with van der Waals surface area (Å²) in [5.41, 5.74) is 2.50. The predicted octanol–water partition coefficient (Wildman–Crippen LogP) is 4.47. The first-order valence-corrected chi connectivity index (χ1v) is 7.62. The van der Waals surface area contributed by atoms with Crippen LogP contribution in [0.2, 0.25) is 0 Å². The van der Waals surface area contributed by atoms with Crippen LogP contribution in [-0.2, 0) is 0 Å². The van der Waals surface area contributed by atoms with E-state index in [0.29, 0.717) is 5.56 Å². The number of carbonyl (C=O) groups excluding carboxylic acids is 1. The number of hydrogen-bond acceptors (Lipinski definition) is 2. The van der Waals surface area contributed by atoms with Crippen molar-refractivity contribution in [3.63, 3.8) is 0 Å². The molecule has 0 unspecified atom stereocenters. The highest BCUT2D eigenvalue weighted by molar-refractivity contribution is 5.74. The Morgan fingerprint density at radius 1 is 0.909 bits per heavy atom. The zero-order valence-corrected chi connectivity index (χ0v) is 12.8. The minimum Gasteiger partial charge on any atom is -0.494 e. The summed E-state index contributed by atoms with van der Waals surface area (Å²) in [6.07, 6.45) is 4.32. The number of benzene rings is 2. The summed E-state index contributed by atoms with van der Waals surface area (Å²) in [4.78, 5) is 10.6. The zero-order chi connectivity index (χ0) is 15.6. The first-order valence-electron chi connectivity index (χ1n) is 7.62. The minimum atomic E-state index is 0.662. The quantitative estimate of drug-likeness (QED) is 0.446. The summed E-state index contributed by atoms with van der Waals surface area (Å²) in [5.74, 6) is 7.08. The van der Waals surface area contributed by atoms with E-state index in [-0.39, 0.29) is 0 Å². The van der Waals surface area contributed by atoms with Gasteiger partial charge in [-0.05, 0) is 42.8 Å². The molecular formula is C20H20O2. The molecule has 0 saturated heterocycles. The average molecular weight is 292 g/mol. The monoisotopic (exact) mass is 292 g/mol. The fourth-order valence-electron chi connectivity index (χ4n) is 1.97. The summed E-state index contributed by atoms with van der Waals surface area (Å²) >= 11 is 0. The molecule has 112 valence electrons. The second-order valence-electron chi connectivity index (χ2n) is 5.07. The molecule has 0 saturated carbocycles. The number of ether oxygens (including phenoxy) is 1. The maximum absolute atomic E-state index is 10.6. The molecule has 2 heteroatoms. The second-order valence-corrected chi connectivity index (χ2v) is 5.07. The van der Waals surface area contributed by atoms with Crippen LogP contribution < -0.4 is 4.74 Å². The highest BCUT2D eigenvalue weighted by Crippen LogP contribution is 2.12. The third-order valence-electron chi connectivity index (χ3n) is 3.27. The van der Waals surface area contributed by atoms with Crippen molar-refractivity contribution in [3.8, 4) is 17.6 Å². The van der Waals surface area contributed by atoms with Crippen molar-refractivity contribution >= 4 is 6.29 Å². The molecule has 0 bridgehead atoms. The predicted molar refractivity (Wildman–Crippen MR) is 89.3 cm³/mol. The van der Waals surface area contributed by atoms with Crippen molar-refractivity contribution in [2.45, 2.75) is 26.2 Å². The Labute approximate surface area is 132 Å². The molecular weight excluding hydrogens is 272 g/mol. The van der Waals surface area contributed by atoms with Crippen LogP contribution in [0.5, 0.6) is 5.75 Å². The standard InChI is InChI=1S/C20H20O2/c1-2-3-4-15-22-20-13-11-18(12-14-20)6-5-17-7-9-19(16-21)10-8-17/h7-14,16H,2-4,15H2,1H3. The third-order valence-corrected chi connectivity index (χ3v) is 3.27. The molecule has 2 rings (SSSR count). The van der Waals surface area contributed by atoms with Crippen LogP contribution in [0.4, 0.5) is 0 Å². The maximum atomic E-state index is 10.6. The van der Waals surface area contributed by atoms with Crippen LogP contribution in [-0.4, -0.2) is 12.9 Å². The van der Waals surface area contributed by atoms with E-state index in [2.05, 4.69) is 18.8 Å². The molecule has 22 heavy (non-hydrogen) atoms. The van der Waals surface area contributed by atoms with Gasteiger partial charge in [-0.25, -0.2) is 0 Å². The molecule has 0 aliphatic carbocycles. The van der Waals surface area contributed by atoms with Gasteiger partial charge in [0.1, 0.15) is 12.0 Å². The molecule has 2 nitrogen and oxygen atoms in total. The number of unbranched alkanes of at least 4 members (excludes halogenated alkanes) is 2. The first kappa shape index (κ1) is 15.9. The van der Waals surface area contributed by atoms with Crippen molar-refractivity contribution in [2.24, 2.45) is 0 Å². The van der Waals surface area contributed by atoms with Crippen LogP contribution in [0.3, 0.4) is 0 Å². The Morgan fingerprint density at radius 3 is 2.05 bits per heavy atom. The van der Waals surface area contributed by atoms with E-state index in [1.165, 1.54) is 12.8 Å². The molecule has 0 aliphatic heterocycles. The van der Waals surface area contributed by atoms with Gasteiger partial charge in [0.2, 0.25) is 0 Å². The normalized spacial score (nSPS) is 9.68. The Morgan fingerprint density at radius 2 is 1.50 bits per heavy atom. The Balaban J connectivity index is 1.93. The highest BCUT2D eigenvalue weighted by Gasteiger charge is 1.94. The van der Waals surface area contributed by atoms with E-state index in [0.717, 1.165) is 36.2 Å². The van der Waals surface area contributed by atoms with Crippen molar-refractivity contribution in [2.75, 3.05) is 6.61 Å². The van der Waals surface area contributed by atoms with Gasteiger partial charge in [0.05, 0.1) is 6.61 Å². The van der Waals surface area contributed by atoms with Crippen LogP contribution in [0.25, 0.3) is 0 Å². The van der Waals surface area contributed by atoms with Gasteiger partial charge < -0.3 is 4.74 Å². The fourth-order valence-corrected chi connectivity index (χ4v) is 1.97. The topological polar surface area (TPSA) is 26.3 Å². The van der Waals surface area contributed by atoms with Crippen LogP contribution >= 0.6 is 0 Å². The van der Waals surface area contributed by atoms with Crippen LogP contribution in [0.15, 0.2) is 48.5 Å². The lowest BCUT2D eigenvalue weighted by molar-refractivity contribution is 0.112. The molecule has 0 fully saturated rings. The molecule has 0 amide bonds. The molecule has 0 N–H and O–H groups in total. The van der Waals surface area contributed by atoms with Gasteiger partial charge >= 0.3 is 0 Å². The lowest BCUT2D eigenvalue weighted by Crippen LogP contribution is -1.96. The van der Waals surface area contributed by atoms with Crippen molar-refractivity contribution in [1.82, 2.24) is 0 Å². The van der Waals surface area contributed by atoms with E-state index in [9.17, 15) is 4.79 Å². The summed E-state index contributed by atoms with van der Waals surface area (Å²) < 4.78 is 5.67. The van der Waals surface area contributed by atoms with Crippen molar-refractivity contribution < 1.29 is 9.53 Å². The Kier molecular flexibility index (Phi) is 6.26. The van der Waals surface area contributed by atoms with Gasteiger partial charge in [0.15, 0.2) is 0 Å². The lowest BCUT2D eigenvalue weighted by Gasteiger charge is -2.05. The van der Waals surface area contributed by atoms with Crippen molar-refractivity contribution in [3.05, 3.63) is 65.2 Å². The molecule has 0 spiro atoms. The number of hydrogen-bond donors (Lipinski definition) is 0. The summed E-state index contributed by atoms with van der Waals surface area (Å²) in [6.45, 7) is 2.95. The van der Waals surface area contributed by atoms with Gasteiger partial charge in [-0.2, -0.15) is 0 Å². The largest absolute Gasteiger partial charge is 0.494 e. The van der Waals surface area contributed by atoms with Crippen molar-refractivity contribution in [1.29, 1.82) is 0 Å². The van der Waals surface area contributed by atoms with Crippen LogP contribution in [0.1, 0.15) is 47.7 Å².